The van der Waals surface area contributed by atoms with Gasteiger partial charge in [0.2, 0.25) is 0 Å². The summed E-state index contributed by atoms with van der Waals surface area (Å²) in [6.07, 6.45) is 0. The molecular weight excluding hydrogens is 679 g/mol. The number of hydrogen-bond donors (Lipinski definition) is 0. The number of aromatic nitrogens is 3. The average molecular weight is 716 g/mol. The zero-order valence-corrected chi connectivity index (χ0v) is 31.2. The maximum atomic E-state index is 5.30. The topological polar surface area (TPSA) is 30.7 Å². The van der Waals surface area contributed by atoms with Crippen LogP contribution in [-0.2, 0) is 5.41 Å². The number of fused-ring (bicyclic) bond motifs is 7. The van der Waals surface area contributed by atoms with Crippen molar-refractivity contribution in [1.29, 1.82) is 0 Å². The third-order valence-electron chi connectivity index (χ3n) is 11.8. The summed E-state index contributed by atoms with van der Waals surface area (Å²) in [6.45, 7) is 4.72. The number of benzene rings is 8. The molecule has 2 aromatic heterocycles. The SMILES string of the molecule is CC1(C)c2cc3ccccc3cc2-c2c(-c3ccccc3-c3cc(-c4ccc(-n5c6ccccc6c6ccccc65)cc4)nc(-c4ccccc4)n3)cccc21. The standard InChI is InChI=1S/C53H37N3/c1-53(2)45-24-14-23-43(51(45)44-31-36-17-6-7-18-37(36)32-46(44)53)39-19-8-9-20-40(39)48-33-47(54-52(55-48)35-15-4-3-5-16-35)34-27-29-38(30-28-34)56-49-25-12-10-21-41(49)42-22-11-13-26-50(42)56/h3-33H,1-2H3. The van der Waals surface area contributed by atoms with E-state index in [9.17, 15) is 0 Å². The van der Waals surface area contributed by atoms with E-state index in [0.717, 1.165) is 39.3 Å². The van der Waals surface area contributed by atoms with E-state index in [-0.39, 0.29) is 5.41 Å². The molecule has 0 saturated heterocycles. The molecule has 0 saturated carbocycles. The molecule has 0 N–H and O–H groups in total. The second-order valence-corrected chi connectivity index (χ2v) is 15.4. The van der Waals surface area contributed by atoms with Crippen molar-refractivity contribution in [2.75, 3.05) is 0 Å². The minimum Gasteiger partial charge on any atom is -0.309 e. The molecule has 2 heterocycles. The number of para-hydroxylation sites is 2. The van der Waals surface area contributed by atoms with E-state index in [1.807, 2.05) is 6.07 Å². The van der Waals surface area contributed by atoms with Gasteiger partial charge in [-0.1, -0.05) is 159 Å². The lowest BCUT2D eigenvalue weighted by atomic mass is 9.81. The van der Waals surface area contributed by atoms with Gasteiger partial charge in [-0.15, -0.1) is 0 Å². The van der Waals surface area contributed by atoms with E-state index in [4.69, 9.17) is 9.97 Å². The highest BCUT2D eigenvalue weighted by atomic mass is 15.0. The van der Waals surface area contributed by atoms with Gasteiger partial charge in [0, 0.05) is 38.6 Å². The Morgan fingerprint density at radius 1 is 0.411 bits per heavy atom. The normalized spacial score (nSPS) is 13.0. The Morgan fingerprint density at radius 3 is 1.73 bits per heavy atom. The zero-order valence-electron chi connectivity index (χ0n) is 31.2. The molecule has 0 unspecified atom stereocenters. The Bertz CT molecular complexity index is 3100. The summed E-state index contributed by atoms with van der Waals surface area (Å²) in [4.78, 5) is 10.5. The third kappa shape index (κ3) is 4.98. The van der Waals surface area contributed by atoms with Crippen LogP contribution in [0.25, 0.3) is 94.4 Å². The molecule has 8 aromatic carbocycles. The zero-order chi connectivity index (χ0) is 37.4. The molecule has 56 heavy (non-hydrogen) atoms. The molecule has 0 fully saturated rings. The fourth-order valence-electron chi connectivity index (χ4n) is 9.07. The molecule has 0 bridgehead atoms. The molecule has 1 aliphatic rings. The van der Waals surface area contributed by atoms with Gasteiger partial charge >= 0.3 is 0 Å². The number of hydrogen-bond acceptors (Lipinski definition) is 2. The van der Waals surface area contributed by atoms with Crippen LogP contribution >= 0.6 is 0 Å². The Kier molecular flexibility index (Phi) is 7.20. The second kappa shape index (κ2) is 12.5. The molecule has 0 atom stereocenters. The maximum Gasteiger partial charge on any atom is 0.160 e. The van der Waals surface area contributed by atoms with Crippen molar-refractivity contribution < 1.29 is 0 Å². The summed E-state index contributed by atoms with van der Waals surface area (Å²) in [5.41, 5.74) is 16.0. The highest BCUT2D eigenvalue weighted by Crippen LogP contribution is 2.54. The second-order valence-electron chi connectivity index (χ2n) is 15.4. The van der Waals surface area contributed by atoms with Crippen LogP contribution in [0.1, 0.15) is 25.0 Å². The molecule has 0 radical (unpaired) electrons. The van der Waals surface area contributed by atoms with Crippen molar-refractivity contribution in [3.63, 3.8) is 0 Å². The molecule has 11 rings (SSSR count). The molecule has 10 aromatic rings. The summed E-state index contributed by atoms with van der Waals surface area (Å²) < 4.78 is 2.35. The van der Waals surface area contributed by atoms with Crippen molar-refractivity contribution in [3.05, 3.63) is 199 Å². The number of nitrogens with zero attached hydrogens (tertiary/aromatic N) is 3. The predicted molar refractivity (Wildman–Crippen MR) is 233 cm³/mol. The fraction of sp³-hybridized carbons (Fsp3) is 0.0566. The van der Waals surface area contributed by atoms with Gasteiger partial charge in [0.25, 0.3) is 0 Å². The Hall–Kier alpha value is -7.10. The predicted octanol–water partition coefficient (Wildman–Crippen LogP) is 13.7. The van der Waals surface area contributed by atoms with Crippen LogP contribution < -0.4 is 0 Å². The lowest BCUT2D eigenvalue weighted by molar-refractivity contribution is 0.661. The Balaban J connectivity index is 1.08. The molecule has 0 aliphatic heterocycles. The Morgan fingerprint density at radius 2 is 1.00 bits per heavy atom. The molecule has 264 valence electrons. The molecule has 0 spiro atoms. The first-order valence-electron chi connectivity index (χ1n) is 19.3. The van der Waals surface area contributed by atoms with E-state index in [2.05, 4.69) is 200 Å². The summed E-state index contributed by atoms with van der Waals surface area (Å²) in [5.74, 6) is 0.704. The van der Waals surface area contributed by atoms with Crippen LogP contribution in [-0.4, -0.2) is 14.5 Å². The summed E-state index contributed by atoms with van der Waals surface area (Å²) in [5, 5.41) is 5.04. The molecule has 1 aliphatic carbocycles. The van der Waals surface area contributed by atoms with Crippen LogP contribution in [0.2, 0.25) is 0 Å². The first kappa shape index (κ1) is 32.3. The van der Waals surface area contributed by atoms with Crippen LogP contribution in [0.5, 0.6) is 0 Å². The lowest BCUT2D eigenvalue weighted by Gasteiger charge is -2.22. The molecule has 0 amide bonds. The monoisotopic (exact) mass is 715 g/mol. The molecule has 3 nitrogen and oxygen atoms in total. The molecular formula is C53H37N3. The largest absolute Gasteiger partial charge is 0.309 e. The van der Waals surface area contributed by atoms with Crippen LogP contribution in [0.15, 0.2) is 188 Å². The van der Waals surface area contributed by atoms with Crippen molar-refractivity contribution in [2.45, 2.75) is 19.3 Å². The minimum atomic E-state index is -0.131. The fourth-order valence-corrected chi connectivity index (χ4v) is 9.07. The lowest BCUT2D eigenvalue weighted by Crippen LogP contribution is -2.14. The van der Waals surface area contributed by atoms with E-state index >= 15 is 0 Å². The summed E-state index contributed by atoms with van der Waals surface area (Å²) in [7, 11) is 0. The van der Waals surface area contributed by atoms with Gasteiger partial charge in [0.05, 0.1) is 22.4 Å². The van der Waals surface area contributed by atoms with E-state index in [1.54, 1.807) is 0 Å². The smallest absolute Gasteiger partial charge is 0.160 e. The van der Waals surface area contributed by atoms with Crippen LogP contribution in [0.4, 0.5) is 0 Å². The van der Waals surface area contributed by atoms with Crippen LogP contribution in [0.3, 0.4) is 0 Å². The van der Waals surface area contributed by atoms with E-state index in [0.29, 0.717) is 5.82 Å². The average Bonchev–Trinajstić information content (AvgIpc) is 3.71. The first-order chi connectivity index (χ1) is 27.5. The highest BCUT2D eigenvalue weighted by molar-refractivity contribution is 6.09. The van der Waals surface area contributed by atoms with Crippen LogP contribution in [0, 0.1) is 0 Å². The highest BCUT2D eigenvalue weighted by Gasteiger charge is 2.37. The maximum absolute atomic E-state index is 5.30. The van der Waals surface area contributed by atoms with Crippen molar-refractivity contribution in [3.8, 4) is 61.8 Å². The third-order valence-corrected chi connectivity index (χ3v) is 11.8. The van der Waals surface area contributed by atoms with Gasteiger partial charge in [-0.2, -0.15) is 0 Å². The summed E-state index contributed by atoms with van der Waals surface area (Å²) in [6, 6.07) is 67.6. The van der Waals surface area contributed by atoms with Gasteiger partial charge in [-0.25, -0.2) is 9.97 Å². The van der Waals surface area contributed by atoms with Gasteiger partial charge in [-0.3, -0.25) is 0 Å². The van der Waals surface area contributed by atoms with Crippen molar-refractivity contribution in [2.24, 2.45) is 0 Å². The van der Waals surface area contributed by atoms with E-state index < -0.39 is 0 Å². The number of rotatable bonds is 5. The van der Waals surface area contributed by atoms with E-state index in [1.165, 1.54) is 60.4 Å². The van der Waals surface area contributed by atoms with Crippen molar-refractivity contribution >= 4 is 32.6 Å². The quantitative estimate of drug-likeness (QED) is 0.178. The summed E-state index contributed by atoms with van der Waals surface area (Å²) >= 11 is 0. The van der Waals surface area contributed by atoms with Gasteiger partial charge in [0.1, 0.15) is 0 Å². The Labute approximate surface area is 326 Å². The molecule has 3 heteroatoms. The minimum absolute atomic E-state index is 0.131. The first-order valence-corrected chi connectivity index (χ1v) is 19.3. The van der Waals surface area contributed by atoms with Crippen molar-refractivity contribution in [1.82, 2.24) is 14.5 Å². The van der Waals surface area contributed by atoms with Gasteiger partial charge in [0.15, 0.2) is 5.82 Å². The van der Waals surface area contributed by atoms with Gasteiger partial charge in [-0.05, 0) is 86.6 Å². The van der Waals surface area contributed by atoms with Gasteiger partial charge < -0.3 is 4.57 Å².